The Morgan fingerprint density at radius 1 is 1.37 bits per heavy atom. The van der Waals surface area contributed by atoms with Gasteiger partial charge in [-0.25, -0.2) is 0 Å². The average molecular weight is 403 g/mol. The van der Waals surface area contributed by atoms with Gasteiger partial charge in [0.2, 0.25) is 5.91 Å². The Morgan fingerprint density at radius 2 is 2.15 bits per heavy atom. The molecular weight excluding hydrogens is 384 g/mol. The van der Waals surface area contributed by atoms with Gasteiger partial charge in [-0.05, 0) is 12.8 Å². The van der Waals surface area contributed by atoms with Crippen LogP contribution in [-0.4, -0.2) is 40.1 Å². The van der Waals surface area contributed by atoms with E-state index in [-0.39, 0.29) is 17.7 Å². The smallest absolute Gasteiger partial charge is 0.234 e. The van der Waals surface area contributed by atoms with Crippen molar-refractivity contribution in [2.75, 3.05) is 13.1 Å². The highest BCUT2D eigenvalue weighted by atomic mass is 35.5. The van der Waals surface area contributed by atoms with Crippen LogP contribution in [0.4, 0.5) is 0 Å². The van der Waals surface area contributed by atoms with E-state index >= 15 is 0 Å². The Bertz CT molecular complexity index is 889. The molecule has 4 rings (SSSR count). The molecule has 3 heterocycles. The number of nitrogens with zero attached hydrogens (tertiary/aromatic N) is 2. The molecule has 1 saturated heterocycles. The largest absolute Gasteiger partial charge is 0.359 e. The Morgan fingerprint density at radius 3 is 2.78 bits per heavy atom. The van der Waals surface area contributed by atoms with Crippen LogP contribution in [0.15, 0.2) is 45.3 Å². The highest BCUT2D eigenvalue weighted by Gasteiger charge is 2.24. The van der Waals surface area contributed by atoms with Crippen LogP contribution >= 0.6 is 23.4 Å². The van der Waals surface area contributed by atoms with Gasteiger partial charge in [0.1, 0.15) is 11.5 Å². The number of amides is 1. The quantitative estimate of drug-likeness (QED) is 0.590. The van der Waals surface area contributed by atoms with Gasteiger partial charge in [-0.1, -0.05) is 47.1 Å². The van der Waals surface area contributed by atoms with Crippen LogP contribution in [0.3, 0.4) is 0 Å². The number of benzene rings is 1. The van der Waals surface area contributed by atoms with Gasteiger partial charge in [0.05, 0.1) is 16.2 Å². The first-order valence-electron chi connectivity index (χ1n) is 8.80. The van der Waals surface area contributed by atoms with E-state index in [0.717, 1.165) is 30.6 Å². The lowest BCUT2D eigenvalue weighted by Crippen LogP contribution is -2.42. The van der Waals surface area contributed by atoms with Crippen molar-refractivity contribution in [3.8, 4) is 11.3 Å². The van der Waals surface area contributed by atoms with Crippen LogP contribution in [0, 0.1) is 5.41 Å². The number of allylic oxidation sites excluding steroid dienone is 1. The lowest BCUT2D eigenvalue weighted by Gasteiger charge is -2.33. The molecule has 0 radical (unpaired) electrons. The van der Waals surface area contributed by atoms with Crippen molar-refractivity contribution < 1.29 is 9.32 Å². The summed E-state index contributed by atoms with van der Waals surface area (Å²) in [5.74, 6) is 1.10. The SMILES string of the molecule is N=C(c1ccc(-c2cc(CNC(=O)C3CC=C(Cl)S3)on2)cc1)N1CCC1. The Labute approximate surface area is 166 Å². The summed E-state index contributed by atoms with van der Waals surface area (Å²) >= 11 is 7.27. The maximum Gasteiger partial charge on any atom is 0.234 e. The van der Waals surface area contributed by atoms with Crippen molar-refractivity contribution >= 4 is 35.1 Å². The molecule has 140 valence electrons. The minimum Gasteiger partial charge on any atom is -0.359 e. The zero-order chi connectivity index (χ0) is 18.8. The predicted octanol–water partition coefficient (Wildman–Crippen LogP) is 3.57. The minimum atomic E-state index is -0.172. The number of carbonyl (C=O) groups is 1. The van der Waals surface area contributed by atoms with Gasteiger partial charge in [0.15, 0.2) is 5.76 Å². The number of likely N-dealkylation sites (tertiary alicyclic amines) is 1. The van der Waals surface area contributed by atoms with Crippen molar-refractivity contribution in [1.82, 2.24) is 15.4 Å². The summed E-state index contributed by atoms with van der Waals surface area (Å²) in [5, 5.41) is 15.0. The number of thioether (sulfide) groups is 1. The third kappa shape index (κ3) is 4.04. The first-order chi connectivity index (χ1) is 13.1. The summed E-state index contributed by atoms with van der Waals surface area (Å²) in [6.45, 7) is 2.21. The van der Waals surface area contributed by atoms with Gasteiger partial charge in [-0.3, -0.25) is 10.2 Å². The summed E-state index contributed by atoms with van der Waals surface area (Å²) in [6.07, 6.45) is 3.66. The van der Waals surface area contributed by atoms with Gasteiger partial charge in [-0.15, -0.1) is 11.8 Å². The molecule has 8 heteroatoms. The van der Waals surface area contributed by atoms with Gasteiger partial charge >= 0.3 is 0 Å². The molecule has 2 aliphatic heterocycles. The van der Waals surface area contributed by atoms with Gasteiger partial charge in [0.25, 0.3) is 0 Å². The maximum atomic E-state index is 12.1. The van der Waals surface area contributed by atoms with Crippen LogP contribution in [0.2, 0.25) is 0 Å². The van der Waals surface area contributed by atoms with Crippen molar-refractivity contribution in [3.05, 3.63) is 52.1 Å². The van der Waals surface area contributed by atoms with Gasteiger partial charge in [-0.2, -0.15) is 0 Å². The summed E-state index contributed by atoms with van der Waals surface area (Å²) in [6, 6.07) is 9.56. The number of nitrogens with one attached hydrogen (secondary N) is 2. The fourth-order valence-corrected chi connectivity index (χ4v) is 4.19. The molecule has 2 aromatic rings. The first kappa shape index (κ1) is 18.1. The average Bonchev–Trinajstić information content (AvgIpc) is 3.27. The third-order valence-corrected chi connectivity index (χ3v) is 6.17. The van der Waals surface area contributed by atoms with E-state index in [2.05, 4.69) is 15.4 Å². The number of hydrogen-bond acceptors (Lipinski definition) is 5. The second-order valence-corrected chi connectivity index (χ2v) is 8.39. The Balaban J connectivity index is 1.34. The molecule has 27 heavy (non-hydrogen) atoms. The van der Waals surface area contributed by atoms with Crippen molar-refractivity contribution in [3.63, 3.8) is 0 Å². The molecule has 1 unspecified atom stereocenters. The lowest BCUT2D eigenvalue weighted by molar-refractivity contribution is -0.120. The molecule has 2 N–H and O–H groups in total. The zero-order valence-corrected chi connectivity index (χ0v) is 16.1. The Hall–Kier alpha value is -2.25. The molecule has 0 saturated carbocycles. The number of aromatic nitrogens is 1. The van der Waals surface area contributed by atoms with Crippen LogP contribution in [-0.2, 0) is 11.3 Å². The maximum absolute atomic E-state index is 12.1. The molecule has 1 aromatic heterocycles. The highest BCUT2D eigenvalue weighted by molar-refractivity contribution is 8.06. The molecule has 1 atom stereocenters. The van der Waals surface area contributed by atoms with Crippen LogP contribution in [0.5, 0.6) is 0 Å². The van der Waals surface area contributed by atoms with Crippen molar-refractivity contribution in [2.45, 2.75) is 24.6 Å². The summed E-state index contributed by atoms with van der Waals surface area (Å²) in [5.41, 5.74) is 2.52. The highest BCUT2D eigenvalue weighted by Crippen LogP contribution is 2.34. The van der Waals surface area contributed by atoms with E-state index in [9.17, 15) is 4.79 Å². The number of rotatable bonds is 5. The van der Waals surface area contributed by atoms with E-state index in [1.165, 1.54) is 11.8 Å². The zero-order valence-electron chi connectivity index (χ0n) is 14.6. The number of hydrogen-bond donors (Lipinski definition) is 2. The standard InChI is InChI=1S/C19H19ClN4O2S/c20-17-7-6-16(27-17)19(25)22-11-14-10-15(23-26-14)12-2-4-13(5-3-12)18(21)24-8-1-9-24/h2-5,7,10,16,21H,1,6,8-9,11H2,(H,22,25). The van der Waals surface area contributed by atoms with Gasteiger partial charge in [0, 0.05) is 30.3 Å². The normalized spacial score (nSPS) is 18.8. The molecule has 2 aliphatic rings. The monoisotopic (exact) mass is 402 g/mol. The molecule has 1 amide bonds. The second-order valence-electron chi connectivity index (χ2n) is 6.51. The first-order valence-corrected chi connectivity index (χ1v) is 10.1. The molecule has 1 aromatic carbocycles. The van der Waals surface area contributed by atoms with E-state index in [1.54, 1.807) is 0 Å². The van der Waals surface area contributed by atoms with E-state index in [0.29, 0.717) is 28.1 Å². The lowest BCUT2D eigenvalue weighted by atomic mass is 10.1. The van der Waals surface area contributed by atoms with Crippen molar-refractivity contribution in [1.29, 1.82) is 5.41 Å². The Kier molecular flexibility index (Phi) is 5.22. The fourth-order valence-electron chi connectivity index (χ4n) is 2.93. The van der Waals surface area contributed by atoms with Crippen LogP contribution in [0.25, 0.3) is 11.3 Å². The third-order valence-electron chi connectivity index (χ3n) is 4.66. The second kappa shape index (κ2) is 7.78. The van der Waals surface area contributed by atoms with Gasteiger partial charge < -0.3 is 14.7 Å². The van der Waals surface area contributed by atoms with E-state index in [4.69, 9.17) is 21.5 Å². The molecular formula is C19H19ClN4O2S. The minimum absolute atomic E-state index is 0.0568. The van der Waals surface area contributed by atoms with Crippen molar-refractivity contribution in [2.24, 2.45) is 0 Å². The number of amidine groups is 1. The predicted molar refractivity (Wildman–Crippen MR) is 107 cm³/mol. The number of carbonyl (C=O) groups excluding carboxylic acids is 1. The molecule has 1 fully saturated rings. The summed E-state index contributed by atoms with van der Waals surface area (Å²) < 4.78 is 6.00. The fraction of sp³-hybridized carbons (Fsp3) is 0.316. The number of halogens is 1. The molecule has 6 nitrogen and oxygen atoms in total. The van der Waals surface area contributed by atoms with E-state index < -0.39 is 0 Å². The van der Waals surface area contributed by atoms with Crippen LogP contribution in [0.1, 0.15) is 24.2 Å². The molecule has 0 spiro atoms. The molecule has 0 bridgehead atoms. The van der Waals surface area contributed by atoms with Crippen LogP contribution < -0.4 is 5.32 Å². The summed E-state index contributed by atoms with van der Waals surface area (Å²) in [4.78, 5) is 14.2. The topological polar surface area (TPSA) is 82.2 Å². The van der Waals surface area contributed by atoms with E-state index in [1.807, 2.05) is 36.4 Å². The molecule has 0 aliphatic carbocycles. The summed E-state index contributed by atoms with van der Waals surface area (Å²) in [7, 11) is 0.